The summed E-state index contributed by atoms with van der Waals surface area (Å²) in [5.41, 5.74) is 2.09. The molecule has 166 valence electrons. The van der Waals surface area contributed by atoms with Gasteiger partial charge in [-0.3, -0.25) is 14.9 Å². The number of fused-ring (bicyclic) bond motifs is 1. The maximum Gasteiger partial charge on any atom is 0.331 e. The molecule has 0 radical (unpaired) electrons. The number of nitro groups is 1. The molecule has 0 spiro atoms. The van der Waals surface area contributed by atoms with E-state index in [0.29, 0.717) is 17.7 Å². The Labute approximate surface area is 185 Å². The van der Waals surface area contributed by atoms with Gasteiger partial charge < -0.3 is 9.40 Å². The predicted octanol–water partition coefficient (Wildman–Crippen LogP) is 5.61. The number of non-ortho nitro benzene ring substituents is 1. The van der Waals surface area contributed by atoms with E-state index in [0.717, 1.165) is 36.6 Å². The number of Topliss-reactive ketones (excluding diaryl/α,β-unsaturated/α-hetero) is 1. The zero-order valence-corrected chi connectivity index (χ0v) is 18.1. The number of hydrogen-bond acceptors (Lipinski definition) is 6. The van der Waals surface area contributed by atoms with Crippen LogP contribution in [0.5, 0.6) is 0 Å². The van der Waals surface area contributed by atoms with Crippen molar-refractivity contribution in [3.05, 3.63) is 70.4 Å². The van der Waals surface area contributed by atoms with E-state index < -0.39 is 10.9 Å². The van der Waals surface area contributed by atoms with Gasteiger partial charge in [0.1, 0.15) is 5.71 Å². The minimum Gasteiger partial charge on any atom is -0.318 e. The van der Waals surface area contributed by atoms with E-state index in [4.69, 9.17) is 4.84 Å². The van der Waals surface area contributed by atoms with Crippen LogP contribution in [0.15, 0.2) is 59.9 Å². The first-order valence-corrected chi connectivity index (χ1v) is 10.6. The number of aromatic nitrogens is 1. The number of rotatable bonds is 10. The fourth-order valence-corrected chi connectivity index (χ4v) is 3.50. The lowest BCUT2D eigenvalue weighted by atomic mass is 10.0. The molecule has 0 aliphatic heterocycles. The summed E-state index contributed by atoms with van der Waals surface area (Å²) in [6.45, 7) is 3.34. The van der Waals surface area contributed by atoms with Gasteiger partial charge in [-0.2, -0.15) is 0 Å². The minimum absolute atomic E-state index is 0.00982. The number of nitro benzene ring substituents is 1. The van der Waals surface area contributed by atoms with Crippen LogP contribution in [0.1, 0.15) is 56.3 Å². The Hall–Kier alpha value is -3.81. The van der Waals surface area contributed by atoms with Crippen molar-refractivity contribution in [1.29, 1.82) is 0 Å². The van der Waals surface area contributed by atoms with Gasteiger partial charge in [0.05, 0.1) is 10.4 Å². The van der Waals surface area contributed by atoms with Crippen LogP contribution in [0.3, 0.4) is 0 Å². The first-order valence-electron chi connectivity index (χ1n) is 10.6. The maximum atomic E-state index is 13.4. The van der Waals surface area contributed by atoms with Crippen molar-refractivity contribution in [1.82, 2.24) is 4.57 Å². The quantitative estimate of drug-likeness (QED) is 0.103. The molecular weight excluding hydrogens is 410 g/mol. The summed E-state index contributed by atoms with van der Waals surface area (Å²) in [6, 6.07) is 13.5. The summed E-state index contributed by atoms with van der Waals surface area (Å²) < 4.78 is 1.81. The van der Waals surface area contributed by atoms with E-state index in [1.165, 1.54) is 19.1 Å². The third-order valence-corrected chi connectivity index (χ3v) is 5.11. The molecule has 1 aromatic heterocycles. The zero-order valence-electron chi connectivity index (χ0n) is 18.1. The highest BCUT2D eigenvalue weighted by atomic mass is 16.7. The Morgan fingerprint density at radius 3 is 2.44 bits per heavy atom. The summed E-state index contributed by atoms with van der Waals surface area (Å²) in [5.74, 6) is -0.892. The highest BCUT2D eigenvalue weighted by molar-refractivity contribution is 6.47. The maximum absolute atomic E-state index is 13.4. The SMILES string of the molecule is CCCCCC/C(=N\OC(C)=O)C(=O)c1cn(-c2ccc([N+](=O)[O-])cc2)c2ccccc12. The molecule has 0 saturated heterocycles. The largest absolute Gasteiger partial charge is 0.331 e. The Balaban J connectivity index is 2.01. The molecular formula is C24H25N3O5. The Morgan fingerprint density at radius 2 is 1.78 bits per heavy atom. The van der Waals surface area contributed by atoms with Crippen LogP contribution in [0.2, 0.25) is 0 Å². The second kappa shape index (κ2) is 10.5. The Morgan fingerprint density at radius 1 is 1.06 bits per heavy atom. The second-order valence-corrected chi connectivity index (χ2v) is 7.46. The second-order valence-electron chi connectivity index (χ2n) is 7.46. The number of benzene rings is 2. The number of carbonyl (C=O) groups is 2. The van der Waals surface area contributed by atoms with Crippen LogP contribution in [0.4, 0.5) is 5.69 Å². The van der Waals surface area contributed by atoms with Crippen molar-refractivity contribution in [2.45, 2.75) is 46.0 Å². The highest BCUT2D eigenvalue weighted by Gasteiger charge is 2.21. The number of unbranched alkanes of at least 4 members (excludes halogenated alkanes) is 3. The minimum atomic E-state index is -0.586. The third kappa shape index (κ3) is 5.26. The van der Waals surface area contributed by atoms with Gasteiger partial charge >= 0.3 is 5.97 Å². The molecule has 3 rings (SSSR count). The van der Waals surface area contributed by atoms with E-state index in [1.807, 2.05) is 28.8 Å². The van der Waals surface area contributed by atoms with Gasteiger partial charge in [-0.1, -0.05) is 49.5 Å². The summed E-state index contributed by atoms with van der Waals surface area (Å²) in [5, 5.41) is 15.5. The van der Waals surface area contributed by atoms with Crippen molar-refractivity contribution in [3.8, 4) is 5.69 Å². The van der Waals surface area contributed by atoms with E-state index >= 15 is 0 Å². The number of oxime groups is 1. The summed E-state index contributed by atoms with van der Waals surface area (Å²) in [7, 11) is 0. The van der Waals surface area contributed by atoms with Crippen LogP contribution in [-0.2, 0) is 9.63 Å². The first-order chi connectivity index (χ1) is 15.4. The van der Waals surface area contributed by atoms with Crippen molar-refractivity contribution in [2.75, 3.05) is 0 Å². The molecule has 32 heavy (non-hydrogen) atoms. The Kier molecular flexibility index (Phi) is 7.49. The predicted molar refractivity (Wildman–Crippen MR) is 122 cm³/mol. The molecule has 8 nitrogen and oxygen atoms in total. The number of para-hydroxylation sites is 1. The van der Waals surface area contributed by atoms with Crippen molar-refractivity contribution >= 4 is 34.1 Å². The molecule has 0 bridgehead atoms. The van der Waals surface area contributed by atoms with Crippen LogP contribution < -0.4 is 0 Å². The molecule has 8 heteroatoms. The normalized spacial score (nSPS) is 11.5. The number of ketones is 1. The van der Waals surface area contributed by atoms with Gasteiger partial charge in [0.25, 0.3) is 5.69 Å². The monoisotopic (exact) mass is 435 g/mol. The zero-order chi connectivity index (χ0) is 23.1. The lowest BCUT2D eigenvalue weighted by Gasteiger charge is -2.05. The fraction of sp³-hybridized carbons (Fsp3) is 0.292. The van der Waals surface area contributed by atoms with Gasteiger partial charge in [-0.25, -0.2) is 4.79 Å². The molecule has 0 atom stereocenters. The number of hydrogen-bond donors (Lipinski definition) is 0. The molecule has 0 fully saturated rings. The molecule has 2 aromatic carbocycles. The number of carbonyl (C=O) groups excluding carboxylic acids is 2. The Bertz CT molecular complexity index is 1160. The van der Waals surface area contributed by atoms with E-state index in [2.05, 4.69) is 12.1 Å². The van der Waals surface area contributed by atoms with Crippen LogP contribution in [-0.4, -0.2) is 27.0 Å². The summed E-state index contributed by atoms with van der Waals surface area (Å²) >= 11 is 0. The standard InChI is InChI=1S/C24H25N3O5/c1-3-4-5-6-10-22(25-32-17(2)28)24(29)21-16-26(23-11-8-7-9-20(21)23)18-12-14-19(15-13-18)27(30)31/h7-9,11-16H,3-6,10H2,1-2H3/b25-22+. The lowest BCUT2D eigenvalue weighted by molar-refractivity contribution is -0.384. The van der Waals surface area contributed by atoms with Gasteiger partial charge in [-0.05, 0) is 31.0 Å². The van der Waals surface area contributed by atoms with Crippen LogP contribution >= 0.6 is 0 Å². The van der Waals surface area contributed by atoms with Crippen molar-refractivity contribution < 1.29 is 19.3 Å². The molecule has 1 heterocycles. The average molecular weight is 435 g/mol. The van der Waals surface area contributed by atoms with E-state index in [9.17, 15) is 19.7 Å². The summed E-state index contributed by atoms with van der Waals surface area (Å²) in [4.78, 5) is 40.0. The third-order valence-electron chi connectivity index (χ3n) is 5.11. The highest BCUT2D eigenvalue weighted by Crippen LogP contribution is 2.27. The van der Waals surface area contributed by atoms with Gasteiger partial charge in [-0.15, -0.1) is 0 Å². The van der Waals surface area contributed by atoms with Crippen LogP contribution in [0, 0.1) is 10.1 Å². The van der Waals surface area contributed by atoms with Gasteiger partial charge in [0.15, 0.2) is 0 Å². The smallest absolute Gasteiger partial charge is 0.318 e. The molecule has 0 N–H and O–H groups in total. The molecule has 0 amide bonds. The van der Waals surface area contributed by atoms with Crippen molar-refractivity contribution in [2.24, 2.45) is 5.16 Å². The molecule has 0 aliphatic rings. The number of nitrogens with zero attached hydrogens (tertiary/aromatic N) is 3. The van der Waals surface area contributed by atoms with Gasteiger partial charge in [0.2, 0.25) is 5.78 Å². The topological polar surface area (TPSA) is 104 Å². The van der Waals surface area contributed by atoms with Crippen molar-refractivity contribution in [3.63, 3.8) is 0 Å². The fourth-order valence-electron chi connectivity index (χ4n) is 3.50. The van der Waals surface area contributed by atoms with Crippen LogP contribution in [0.25, 0.3) is 16.6 Å². The van der Waals surface area contributed by atoms with E-state index in [-0.39, 0.29) is 17.2 Å². The lowest BCUT2D eigenvalue weighted by Crippen LogP contribution is -2.15. The first kappa shape index (κ1) is 22.9. The molecule has 0 saturated carbocycles. The molecule has 0 aliphatic carbocycles. The average Bonchev–Trinajstić information content (AvgIpc) is 3.18. The van der Waals surface area contributed by atoms with E-state index in [1.54, 1.807) is 18.3 Å². The molecule has 0 unspecified atom stereocenters. The van der Waals surface area contributed by atoms with Gasteiger partial charge in [0, 0.05) is 41.9 Å². The summed E-state index contributed by atoms with van der Waals surface area (Å²) in [6.07, 6.45) is 5.93. The molecule has 3 aromatic rings.